The highest BCUT2D eigenvalue weighted by Crippen LogP contribution is 2.28. The Morgan fingerprint density at radius 3 is 2.58 bits per heavy atom. The molecule has 0 saturated carbocycles. The first-order valence-electron chi connectivity index (χ1n) is 11.4. The third kappa shape index (κ3) is 4.89. The number of nitrogens with zero attached hydrogens (tertiary/aromatic N) is 4. The van der Waals surface area contributed by atoms with Crippen LogP contribution in [0.5, 0.6) is 0 Å². The fraction of sp³-hybridized carbons (Fsp3) is 0.346. The monoisotopic (exact) mass is 461 g/mol. The molecule has 4 rings (SSSR count). The molecule has 33 heavy (non-hydrogen) atoms. The fourth-order valence-electron chi connectivity index (χ4n) is 4.30. The number of Topliss-reactive ketones (excluding diaryl/α,β-unsaturated/α-hetero) is 1. The predicted molar refractivity (Wildman–Crippen MR) is 135 cm³/mol. The summed E-state index contributed by atoms with van der Waals surface area (Å²) in [4.78, 5) is 18.6. The zero-order valence-corrected chi connectivity index (χ0v) is 20.5. The summed E-state index contributed by atoms with van der Waals surface area (Å²) in [5, 5.41) is 10.8. The SMILES string of the molecule is CCc1cccc2c(C(=O)CSc3nnc(C(CC)N(C)C)n3Cc3ccccc3)c[nH]c12. The van der Waals surface area contributed by atoms with Gasteiger partial charge in [-0.1, -0.05) is 74.1 Å². The van der Waals surface area contributed by atoms with Crippen LogP contribution in [-0.2, 0) is 13.0 Å². The highest BCUT2D eigenvalue weighted by molar-refractivity contribution is 7.99. The van der Waals surface area contributed by atoms with Gasteiger partial charge in [0.05, 0.1) is 18.3 Å². The van der Waals surface area contributed by atoms with Gasteiger partial charge in [-0.3, -0.25) is 9.69 Å². The van der Waals surface area contributed by atoms with E-state index in [1.54, 1.807) is 0 Å². The summed E-state index contributed by atoms with van der Waals surface area (Å²) in [6.45, 7) is 4.96. The van der Waals surface area contributed by atoms with Crippen molar-refractivity contribution in [1.82, 2.24) is 24.6 Å². The number of aromatic amines is 1. The molecule has 4 aromatic rings. The minimum absolute atomic E-state index is 0.0926. The van der Waals surface area contributed by atoms with Gasteiger partial charge in [-0.25, -0.2) is 0 Å². The van der Waals surface area contributed by atoms with Crippen LogP contribution in [0.25, 0.3) is 10.9 Å². The lowest BCUT2D eigenvalue weighted by atomic mass is 10.1. The van der Waals surface area contributed by atoms with E-state index in [1.807, 2.05) is 36.5 Å². The van der Waals surface area contributed by atoms with Crippen molar-refractivity contribution >= 4 is 28.4 Å². The Balaban J connectivity index is 1.60. The average Bonchev–Trinajstić information content (AvgIpc) is 3.43. The van der Waals surface area contributed by atoms with Gasteiger partial charge in [0.2, 0.25) is 0 Å². The highest BCUT2D eigenvalue weighted by Gasteiger charge is 2.23. The minimum Gasteiger partial charge on any atom is -0.360 e. The molecular formula is C26H31N5OS. The zero-order chi connectivity index (χ0) is 23.4. The number of hydrogen-bond acceptors (Lipinski definition) is 5. The average molecular weight is 462 g/mol. The van der Waals surface area contributed by atoms with E-state index in [0.717, 1.165) is 40.3 Å². The maximum absolute atomic E-state index is 13.2. The van der Waals surface area contributed by atoms with Crippen molar-refractivity contribution in [3.63, 3.8) is 0 Å². The summed E-state index contributed by atoms with van der Waals surface area (Å²) in [6.07, 6.45) is 3.70. The van der Waals surface area contributed by atoms with Crippen molar-refractivity contribution in [2.75, 3.05) is 19.8 Å². The minimum atomic E-state index is 0.0926. The van der Waals surface area contributed by atoms with E-state index in [1.165, 1.54) is 22.9 Å². The van der Waals surface area contributed by atoms with E-state index in [9.17, 15) is 4.79 Å². The number of aryl methyl sites for hydroxylation is 1. The Bertz CT molecular complexity index is 1230. The van der Waals surface area contributed by atoms with Crippen LogP contribution in [0, 0.1) is 0 Å². The van der Waals surface area contributed by atoms with Gasteiger partial charge < -0.3 is 9.55 Å². The van der Waals surface area contributed by atoms with E-state index in [2.05, 4.69) is 70.8 Å². The second kappa shape index (κ2) is 10.4. The first-order valence-corrected chi connectivity index (χ1v) is 12.4. The predicted octanol–water partition coefficient (Wildman–Crippen LogP) is 5.36. The van der Waals surface area contributed by atoms with Gasteiger partial charge >= 0.3 is 0 Å². The molecule has 0 spiro atoms. The molecule has 1 unspecified atom stereocenters. The quantitative estimate of drug-likeness (QED) is 0.254. The summed E-state index contributed by atoms with van der Waals surface area (Å²) in [5.74, 6) is 1.34. The molecule has 172 valence electrons. The van der Waals surface area contributed by atoms with Gasteiger partial charge in [0.25, 0.3) is 0 Å². The van der Waals surface area contributed by atoms with Crippen molar-refractivity contribution in [2.45, 2.75) is 44.4 Å². The number of thioether (sulfide) groups is 1. The highest BCUT2D eigenvalue weighted by atomic mass is 32.2. The van der Waals surface area contributed by atoms with Gasteiger partial charge in [-0.2, -0.15) is 0 Å². The molecule has 0 saturated heterocycles. The molecule has 0 amide bonds. The summed E-state index contributed by atoms with van der Waals surface area (Å²) in [7, 11) is 4.13. The lowest BCUT2D eigenvalue weighted by molar-refractivity contribution is 0.102. The van der Waals surface area contributed by atoms with Gasteiger partial charge in [0.1, 0.15) is 0 Å². The second-order valence-corrected chi connectivity index (χ2v) is 9.35. The topological polar surface area (TPSA) is 66.8 Å². The van der Waals surface area contributed by atoms with Crippen LogP contribution in [0.3, 0.4) is 0 Å². The lowest BCUT2D eigenvalue weighted by Crippen LogP contribution is -2.23. The van der Waals surface area contributed by atoms with E-state index in [-0.39, 0.29) is 11.8 Å². The van der Waals surface area contributed by atoms with Crippen LogP contribution in [0.4, 0.5) is 0 Å². The number of rotatable bonds is 10. The number of H-pyrrole nitrogens is 1. The van der Waals surface area contributed by atoms with Crippen LogP contribution >= 0.6 is 11.8 Å². The fourth-order valence-corrected chi connectivity index (χ4v) is 5.13. The summed E-state index contributed by atoms with van der Waals surface area (Å²) < 4.78 is 2.16. The van der Waals surface area contributed by atoms with Crippen LogP contribution in [0.15, 0.2) is 59.9 Å². The summed E-state index contributed by atoms with van der Waals surface area (Å²) in [6, 6.07) is 16.6. The van der Waals surface area contributed by atoms with Crippen molar-refractivity contribution in [1.29, 1.82) is 0 Å². The molecule has 0 radical (unpaired) electrons. The number of nitrogens with one attached hydrogen (secondary N) is 1. The normalized spacial score (nSPS) is 12.5. The number of para-hydroxylation sites is 1. The molecule has 2 aromatic heterocycles. The molecule has 0 bridgehead atoms. The number of carbonyl (C=O) groups is 1. The maximum Gasteiger partial charge on any atom is 0.192 e. The van der Waals surface area contributed by atoms with Gasteiger partial charge in [-0.05, 0) is 38.1 Å². The molecule has 0 fully saturated rings. The second-order valence-electron chi connectivity index (χ2n) is 8.41. The van der Waals surface area contributed by atoms with Crippen molar-refractivity contribution in [3.8, 4) is 0 Å². The Morgan fingerprint density at radius 1 is 1.09 bits per heavy atom. The largest absolute Gasteiger partial charge is 0.360 e. The number of hydrogen-bond donors (Lipinski definition) is 1. The third-order valence-electron chi connectivity index (χ3n) is 6.05. The number of fused-ring (bicyclic) bond motifs is 1. The summed E-state index contributed by atoms with van der Waals surface area (Å²) in [5.41, 5.74) is 4.20. The van der Waals surface area contributed by atoms with E-state index in [0.29, 0.717) is 12.3 Å². The van der Waals surface area contributed by atoms with E-state index < -0.39 is 0 Å². The number of aromatic nitrogens is 4. The van der Waals surface area contributed by atoms with E-state index in [4.69, 9.17) is 0 Å². The zero-order valence-electron chi connectivity index (χ0n) is 19.7. The van der Waals surface area contributed by atoms with Crippen molar-refractivity contribution < 1.29 is 4.79 Å². The van der Waals surface area contributed by atoms with Crippen molar-refractivity contribution in [3.05, 3.63) is 77.2 Å². The molecule has 2 heterocycles. The summed E-state index contributed by atoms with van der Waals surface area (Å²) >= 11 is 1.46. The Hall–Kier alpha value is -2.90. The molecule has 0 aliphatic heterocycles. The Labute approximate surface area is 199 Å². The molecule has 0 aliphatic carbocycles. The van der Waals surface area contributed by atoms with Crippen LogP contribution in [-0.4, -0.2) is 50.3 Å². The molecule has 0 aliphatic rings. The molecule has 2 aromatic carbocycles. The molecule has 7 heteroatoms. The first-order chi connectivity index (χ1) is 16.0. The molecule has 1 N–H and O–H groups in total. The van der Waals surface area contributed by atoms with Crippen LogP contribution in [0.1, 0.15) is 53.6 Å². The van der Waals surface area contributed by atoms with Crippen LogP contribution < -0.4 is 0 Å². The van der Waals surface area contributed by atoms with Gasteiger partial charge in [0.15, 0.2) is 16.8 Å². The molecule has 1 atom stereocenters. The van der Waals surface area contributed by atoms with Gasteiger partial charge in [0, 0.05) is 22.7 Å². The van der Waals surface area contributed by atoms with Crippen LogP contribution in [0.2, 0.25) is 0 Å². The number of carbonyl (C=O) groups excluding carboxylic acids is 1. The molecule has 6 nitrogen and oxygen atoms in total. The van der Waals surface area contributed by atoms with Crippen molar-refractivity contribution in [2.24, 2.45) is 0 Å². The number of ketones is 1. The van der Waals surface area contributed by atoms with Gasteiger partial charge in [-0.15, -0.1) is 10.2 Å². The molecular weight excluding hydrogens is 430 g/mol. The Kier molecular flexibility index (Phi) is 7.30. The maximum atomic E-state index is 13.2. The lowest BCUT2D eigenvalue weighted by Gasteiger charge is -2.23. The standard InChI is InChI=1S/C26H31N5OS/c1-5-19-13-10-14-20-21(15-27-24(19)20)23(32)17-33-26-29-28-25(22(6-2)30(3)4)31(26)16-18-11-8-7-9-12-18/h7-15,22,27H,5-6,16-17H2,1-4H3. The third-order valence-corrected chi connectivity index (χ3v) is 7.02. The Morgan fingerprint density at radius 2 is 1.88 bits per heavy atom. The van der Waals surface area contributed by atoms with E-state index >= 15 is 0 Å². The first kappa shape index (κ1) is 23.3. The smallest absolute Gasteiger partial charge is 0.192 e. The number of benzene rings is 2.